The highest BCUT2D eigenvalue weighted by atomic mass is 79.9. The number of carbonyl (C=O) groups is 1. The molecule has 2 aromatic carbocycles. The fraction of sp³-hybridized carbons (Fsp3) is 0.381. The summed E-state index contributed by atoms with van der Waals surface area (Å²) in [4.78, 5) is 12.4. The van der Waals surface area contributed by atoms with E-state index in [4.69, 9.17) is 4.74 Å². The molecule has 1 aliphatic heterocycles. The van der Waals surface area contributed by atoms with Crippen LogP contribution in [0.1, 0.15) is 26.2 Å². The molecule has 0 aromatic heterocycles. The Hall–Kier alpha value is -2.10. The van der Waals surface area contributed by atoms with E-state index in [-0.39, 0.29) is 23.5 Å². The van der Waals surface area contributed by atoms with Gasteiger partial charge in [-0.3, -0.25) is 0 Å². The third kappa shape index (κ3) is 5.53. The van der Waals surface area contributed by atoms with Crippen molar-refractivity contribution >= 4 is 37.7 Å². The molecule has 1 saturated heterocycles. The maximum absolute atomic E-state index is 13.5. The predicted molar refractivity (Wildman–Crippen MR) is 120 cm³/mol. The van der Waals surface area contributed by atoms with Crippen molar-refractivity contribution in [1.29, 1.82) is 0 Å². The predicted octanol–water partition coefficient (Wildman–Crippen LogP) is 4.21. The summed E-state index contributed by atoms with van der Waals surface area (Å²) >= 11 is 3.36. The number of rotatable bonds is 7. The van der Waals surface area contributed by atoms with E-state index < -0.39 is 10.0 Å². The Labute approximate surface area is 186 Å². The van der Waals surface area contributed by atoms with Crippen molar-refractivity contribution in [3.05, 3.63) is 53.0 Å². The molecule has 0 aliphatic carbocycles. The molecule has 0 bridgehead atoms. The summed E-state index contributed by atoms with van der Waals surface area (Å²) in [5, 5.41) is 5.56. The van der Waals surface area contributed by atoms with Crippen molar-refractivity contribution in [1.82, 2.24) is 9.62 Å². The highest BCUT2D eigenvalue weighted by Crippen LogP contribution is 2.33. The zero-order valence-electron chi connectivity index (χ0n) is 16.8. The number of amides is 2. The Balaban J connectivity index is 1.75. The van der Waals surface area contributed by atoms with Gasteiger partial charge in [0.15, 0.2) is 0 Å². The summed E-state index contributed by atoms with van der Waals surface area (Å²) in [5.74, 6) is 0.333. The quantitative estimate of drug-likeness (QED) is 0.601. The molecule has 3 rings (SSSR count). The second kappa shape index (κ2) is 10.3. The van der Waals surface area contributed by atoms with Crippen LogP contribution in [-0.2, 0) is 10.0 Å². The highest BCUT2D eigenvalue weighted by Gasteiger charge is 2.35. The molecule has 1 fully saturated rings. The molecule has 2 amide bonds. The summed E-state index contributed by atoms with van der Waals surface area (Å²) < 4.78 is 34.7. The number of sulfonamides is 1. The molecule has 9 heteroatoms. The van der Waals surface area contributed by atoms with Gasteiger partial charge in [-0.2, -0.15) is 4.31 Å². The Morgan fingerprint density at radius 2 is 1.97 bits per heavy atom. The SMILES string of the molecule is CCOc1ccc(Br)cc1S(=O)(=O)N1CCCCC1CNC(=O)Nc1ccccc1. The van der Waals surface area contributed by atoms with Crippen molar-refractivity contribution in [2.24, 2.45) is 0 Å². The Morgan fingerprint density at radius 1 is 1.20 bits per heavy atom. The molecular weight excluding hydrogens is 470 g/mol. The van der Waals surface area contributed by atoms with E-state index in [1.54, 1.807) is 30.3 Å². The van der Waals surface area contributed by atoms with Crippen molar-refractivity contribution in [2.45, 2.75) is 37.1 Å². The molecule has 0 spiro atoms. The van der Waals surface area contributed by atoms with Crippen LogP contribution in [0.4, 0.5) is 10.5 Å². The van der Waals surface area contributed by atoms with Gasteiger partial charge in [-0.1, -0.05) is 40.5 Å². The topological polar surface area (TPSA) is 87.7 Å². The average molecular weight is 496 g/mol. The van der Waals surface area contributed by atoms with Crippen LogP contribution < -0.4 is 15.4 Å². The van der Waals surface area contributed by atoms with Crippen LogP contribution in [0.15, 0.2) is 57.9 Å². The lowest BCUT2D eigenvalue weighted by Crippen LogP contribution is -2.49. The molecule has 0 saturated carbocycles. The number of anilines is 1. The lowest BCUT2D eigenvalue weighted by molar-refractivity contribution is 0.231. The van der Waals surface area contributed by atoms with Gasteiger partial charge in [-0.15, -0.1) is 0 Å². The normalized spacial score (nSPS) is 17.3. The number of carbonyl (C=O) groups excluding carboxylic acids is 1. The van der Waals surface area contributed by atoms with E-state index >= 15 is 0 Å². The van der Waals surface area contributed by atoms with Crippen molar-refractivity contribution in [3.8, 4) is 5.75 Å². The third-order valence-corrected chi connectivity index (χ3v) is 7.36. The van der Waals surface area contributed by atoms with Gasteiger partial charge in [0.2, 0.25) is 10.0 Å². The molecule has 1 heterocycles. The molecule has 2 aromatic rings. The maximum Gasteiger partial charge on any atom is 0.319 e. The molecule has 162 valence electrons. The minimum Gasteiger partial charge on any atom is -0.492 e. The largest absolute Gasteiger partial charge is 0.492 e. The monoisotopic (exact) mass is 495 g/mol. The van der Waals surface area contributed by atoms with Gasteiger partial charge in [0, 0.05) is 29.3 Å². The van der Waals surface area contributed by atoms with Crippen molar-refractivity contribution < 1.29 is 17.9 Å². The Bertz CT molecular complexity index is 969. The van der Waals surface area contributed by atoms with E-state index in [2.05, 4.69) is 26.6 Å². The number of hydrogen-bond acceptors (Lipinski definition) is 4. The molecule has 2 N–H and O–H groups in total. The van der Waals surface area contributed by atoms with Crippen LogP contribution in [0.3, 0.4) is 0 Å². The minimum absolute atomic E-state index is 0.138. The zero-order chi connectivity index (χ0) is 21.6. The van der Waals surface area contributed by atoms with E-state index in [9.17, 15) is 13.2 Å². The van der Waals surface area contributed by atoms with Gasteiger partial charge in [-0.25, -0.2) is 13.2 Å². The number of benzene rings is 2. The first kappa shape index (κ1) is 22.6. The first-order valence-corrected chi connectivity index (χ1v) is 12.2. The molecule has 30 heavy (non-hydrogen) atoms. The van der Waals surface area contributed by atoms with Gasteiger partial charge >= 0.3 is 6.03 Å². The van der Waals surface area contributed by atoms with Gasteiger partial charge in [0.05, 0.1) is 6.61 Å². The number of piperidine rings is 1. The second-order valence-electron chi connectivity index (χ2n) is 6.99. The van der Waals surface area contributed by atoms with Crippen LogP contribution in [0, 0.1) is 0 Å². The first-order chi connectivity index (χ1) is 14.4. The Kier molecular flexibility index (Phi) is 7.74. The van der Waals surface area contributed by atoms with Crippen molar-refractivity contribution in [3.63, 3.8) is 0 Å². The second-order valence-corrected chi connectivity index (χ2v) is 9.77. The highest BCUT2D eigenvalue weighted by molar-refractivity contribution is 9.10. The van der Waals surface area contributed by atoms with E-state index in [0.717, 1.165) is 12.8 Å². The van der Waals surface area contributed by atoms with Crippen LogP contribution in [0.2, 0.25) is 0 Å². The van der Waals surface area contributed by atoms with E-state index in [1.165, 1.54) is 4.31 Å². The number of urea groups is 1. The number of halogens is 1. The number of ether oxygens (including phenoxy) is 1. The molecule has 7 nitrogen and oxygen atoms in total. The minimum atomic E-state index is -3.79. The van der Waals surface area contributed by atoms with E-state index in [1.807, 2.05) is 25.1 Å². The molecule has 0 radical (unpaired) electrons. The lowest BCUT2D eigenvalue weighted by atomic mass is 10.1. The smallest absolute Gasteiger partial charge is 0.319 e. The molecule has 1 aliphatic rings. The van der Waals surface area contributed by atoms with Crippen molar-refractivity contribution in [2.75, 3.05) is 25.0 Å². The molecular formula is C21H26BrN3O4S. The number of nitrogens with one attached hydrogen (secondary N) is 2. The van der Waals surface area contributed by atoms with Crippen LogP contribution in [0.5, 0.6) is 5.75 Å². The summed E-state index contributed by atoms with van der Waals surface area (Å²) in [6.07, 6.45) is 2.38. The van der Waals surface area contributed by atoms with Crippen LogP contribution in [-0.4, -0.2) is 44.5 Å². The summed E-state index contributed by atoms with van der Waals surface area (Å²) in [6, 6.07) is 13.4. The fourth-order valence-corrected chi connectivity index (χ4v) is 5.85. The fourth-order valence-electron chi connectivity index (χ4n) is 3.49. The Morgan fingerprint density at radius 3 is 2.70 bits per heavy atom. The van der Waals surface area contributed by atoms with Crippen LogP contribution >= 0.6 is 15.9 Å². The number of para-hydroxylation sites is 1. The van der Waals surface area contributed by atoms with Gasteiger partial charge in [0.25, 0.3) is 0 Å². The number of nitrogens with zero attached hydrogens (tertiary/aromatic N) is 1. The zero-order valence-corrected chi connectivity index (χ0v) is 19.2. The summed E-state index contributed by atoms with van der Waals surface area (Å²) in [7, 11) is -3.79. The molecule has 1 atom stereocenters. The summed E-state index contributed by atoms with van der Waals surface area (Å²) in [6.45, 7) is 2.83. The summed E-state index contributed by atoms with van der Waals surface area (Å²) in [5.41, 5.74) is 0.679. The van der Waals surface area contributed by atoms with Crippen LogP contribution in [0.25, 0.3) is 0 Å². The average Bonchev–Trinajstić information content (AvgIpc) is 2.74. The molecule has 1 unspecified atom stereocenters. The van der Waals surface area contributed by atoms with E-state index in [0.29, 0.717) is 35.5 Å². The number of hydrogen-bond donors (Lipinski definition) is 2. The first-order valence-electron chi connectivity index (χ1n) is 9.96. The van der Waals surface area contributed by atoms with Gasteiger partial charge in [0.1, 0.15) is 10.6 Å². The maximum atomic E-state index is 13.5. The standard InChI is InChI=1S/C21H26BrN3O4S/c1-2-29-19-12-11-16(22)14-20(19)30(27,28)25-13-7-6-10-18(25)15-23-21(26)24-17-8-4-3-5-9-17/h3-5,8-9,11-12,14,18H,2,6-7,10,13,15H2,1H3,(H2,23,24,26). The third-order valence-electron chi connectivity index (χ3n) is 4.90. The van der Waals surface area contributed by atoms with Gasteiger partial charge in [-0.05, 0) is 50.1 Å². The lowest BCUT2D eigenvalue weighted by Gasteiger charge is -2.35. The van der Waals surface area contributed by atoms with Gasteiger partial charge < -0.3 is 15.4 Å².